The minimum Gasteiger partial charge on any atom is -0.478 e. The van der Waals surface area contributed by atoms with Crippen molar-refractivity contribution in [2.24, 2.45) is 5.92 Å². The van der Waals surface area contributed by atoms with E-state index in [0.29, 0.717) is 11.6 Å². The highest BCUT2D eigenvalue weighted by molar-refractivity contribution is 7.92. The molecule has 0 amide bonds. The van der Waals surface area contributed by atoms with Crippen LogP contribution >= 0.6 is 0 Å². The van der Waals surface area contributed by atoms with Crippen molar-refractivity contribution in [3.63, 3.8) is 0 Å². The Labute approximate surface area is 157 Å². The van der Waals surface area contributed by atoms with E-state index in [1.54, 1.807) is 6.07 Å². The molecule has 2 aromatic rings. The van der Waals surface area contributed by atoms with E-state index < -0.39 is 21.8 Å². The van der Waals surface area contributed by atoms with Crippen LogP contribution in [0.4, 0.5) is 15.8 Å². The Morgan fingerprint density at radius 3 is 2.56 bits per heavy atom. The smallest absolute Gasteiger partial charge is 0.335 e. The van der Waals surface area contributed by atoms with Crippen LogP contribution in [0.3, 0.4) is 0 Å². The molecule has 0 unspecified atom stereocenters. The molecule has 0 spiro atoms. The zero-order valence-corrected chi connectivity index (χ0v) is 15.7. The molecule has 0 aromatic heterocycles. The van der Waals surface area contributed by atoms with Gasteiger partial charge < -0.3 is 10.0 Å². The van der Waals surface area contributed by atoms with Crippen LogP contribution in [0.25, 0.3) is 0 Å². The number of nitrogens with zero attached hydrogens (tertiary/aromatic N) is 1. The van der Waals surface area contributed by atoms with Crippen molar-refractivity contribution in [3.05, 3.63) is 53.8 Å². The second-order valence-electron chi connectivity index (χ2n) is 6.79. The van der Waals surface area contributed by atoms with Gasteiger partial charge in [0.1, 0.15) is 5.82 Å². The lowest BCUT2D eigenvalue weighted by atomic mass is 9.99. The van der Waals surface area contributed by atoms with Gasteiger partial charge in [0.2, 0.25) is 0 Å². The lowest BCUT2D eigenvalue weighted by molar-refractivity contribution is 0.0697. The third-order valence-corrected chi connectivity index (χ3v) is 5.99. The SMILES string of the molecule is C[C@@H]1CCCN(c2ccc(C(=O)O)cc2NS(=O)(=O)c2ccc(F)cc2)C1. The van der Waals surface area contributed by atoms with Crippen LogP contribution in [0, 0.1) is 11.7 Å². The molecule has 1 atom stereocenters. The van der Waals surface area contributed by atoms with Crippen molar-refractivity contribution in [1.29, 1.82) is 0 Å². The molecule has 6 nitrogen and oxygen atoms in total. The van der Waals surface area contributed by atoms with Gasteiger partial charge in [0.25, 0.3) is 10.0 Å². The second kappa shape index (κ2) is 7.56. The summed E-state index contributed by atoms with van der Waals surface area (Å²) in [4.78, 5) is 13.3. The highest BCUT2D eigenvalue weighted by Crippen LogP contribution is 2.32. The van der Waals surface area contributed by atoms with Gasteiger partial charge in [-0.2, -0.15) is 0 Å². The van der Waals surface area contributed by atoms with Crippen LogP contribution in [0.5, 0.6) is 0 Å². The Morgan fingerprint density at radius 1 is 1.22 bits per heavy atom. The lowest BCUT2D eigenvalue weighted by Crippen LogP contribution is -2.35. The van der Waals surface area contributed by atoms with Gasteiger partial charge in [-0.3, -0.25) is 4.72 Å². The summed E-state index contributed by atoms with van der Waals surface area (Å²) in [5, 5.41) is 9.27. The fourth-order valence-electron chi connectivity index (χ4n) is 3.25. The maximum atomic E-state index is 13.1. The molecule has 8 heteroatoms. The second-order valence-corrected chi connectivity index (χ2v) is 8.47. The molecule has 0 bridgehead atoms. The molecule has 1 saturated heterocycles. The van der Waals surface area contributed by atoms with Gasteiger partial charge in [-0.15, -0.1) is 0 Å². The minimum absolute atomic E-state index is 0.0133. The average molecular weight is 392 g/mol. The fraction of sp³-hybridized carbons (Fsp3) is 0.316. The molecule has 144 valence electrons. The number of anilines is 2. The van der Waals surface area contributed by atoms with Crippen molar-refractivity contribution < 1.29 is 22.7 Å². The zero-order chi connectivity index (χ0) is 19.6. The molecule has 1 aliphatic heterocycles. The van der Waals surface area contributed by atoms with E-state index in [4.69, 9.17) is 0 Å². The number of sulfonamides is 1. The van der Waals surface area contributed by atoms with Crippen LogP contribution in [0.1, 0.15) is 30.1 Å². The maximum Gasteiger partial charge on any atom is 0.335 e. The third-order valence-electron chi connectivity index (χ3n) is 4.61. The molecular formula is C19H21FN2O4S. The summed E-state index contributed by atoms with van der Waals surface area (Å²) in [5.74, 6) is -1.22. The zero-order valence-electron chi connectivity index (χ0n) is 14.9. The number of carbonyl (C=O) groups is 1. The number of carboxylic acids is 1. The van der Waals surface area contributed by atoms with E-state index in [-0.39, 0.29) is 16.1 Å². The fourth-order valence-corrected chi connectivity index (χ4v) is 4.32. The lowest BCUT2D eigenvalue weighted by Gasteiger charge is -2.34. The molecule has 3 rings (SSSR count). The van der Waals surface area contributed by atoms with Crippen LogP contribution < -0.4 is 9.62 Å². The Hall–Kier alpha value is -2.61. The summed E-state index contributed by atoms with van der Waals surface area (Å²) >= 11 is 0. The van der Waals surface area contributed by atoms with Gasteiger partial charge in [0.15, 0.2) is 0 Å². The number of rotatable bonds is 5. The Kier molecular flexibility index (Phi) is 5.36. The van der Waals surface area contributed by atoms with Crippen LogP contribution in [0.2, 0.25) is 0 Å². The number of aromatic carboxylic acids is 1. The summed E-state index contributed by atoms with van der Waals surface area (Å²) in [6, 6.07) is 8.88. The van der Waals surface area contributed by atoms with Crippen molar-refractivity contribution in [1.82, 2.24) is 0 Å². The monoisotopic (exact) mass is 392 g/mol. The molecule has 27 heavy (non-hydrogen) atoms. The van der Waals surface area contributed by atoms with Gasteiger partial charge in [0.05, 0.1) is 21.8 Å². The van der Waals surface area contributed by atoms with Gasteiger partial charge in [-0.05, 0) is 61.2 Å². The first-order chi connectivity index (χ1) is 12.8. The molecule has 2 N–H and O–H groups in total. The number of piperidine rings is 1. The predicted molar refractivity (Wildman–Crippen MR) is 101 cm³/mol. The minimum atomic E-state index is -3.98. The number of hydrogen-bond donors (Lipinski definition) is 2. The molecule has 1 aliphatic rings. The Balaban J connectivity index is 1.99. The normalized spacial score (nSPS) is 17.6. The van der Waals surface area contributed by atoms with Gasteiger partial charge in [-0.1, -0.05) is 6.92 Å². The molecule has 1 heterocycles. The Morgan fingerprint density at radius 2 is 1.93 bits per heavy atom. The number of halogens is 1. The molecule has 0 aliphatic carbocycles. The van der Waals surface area contributed by atoms with Crippen molar-refractivity contribution in [3.8, 4) is 0 Å². The first-order valence-electron chi connectivity index (χ1n) is 8.67. The number of benzene rings is 2. The highest BCUT2D eigenvalue weighted by atomic mass is 32.2. The summed E-state index contributed by atoms with van der Waals surface area (Å²) < 4.78 is 41.0. The summed E-state index contributed by atoms with van der Waals surface area (Å²) in [6.07, 6.45) is 2.08. The quantitative estimate of drug-likeness (QED) is 0.812. The molecule has 0 radical (unpaired) electrons. The van der Waals surface area contributed by atoms with Gasteiger partial charge in [0, 0.05) is 13.1 Å². The summed E-state index contributed by atoms with van der Waals surface area (Å²) in [7, 11) is -3.98. The largest absolute Gasteiger partial charge is 0.478 e. The van der Waals surface area contributed by atoms with Gasteiger partial charge >= 0.3 is 5.97 Å². The van der Waals surface area contributed by atoms with Crippen molar-refractivity contribution >= 4 is 27.4 Å². The van der Waals surface area contributed by atoms with E-state index in [0.717, 1.165) is 38.1 Å². The van der Waals surface area contributed by atoms with Crippen LogP contribution in [-0.2, 0) is 10.0 Å². The van der Waals surface area contributed by atoms with Crippen molar-refractivity contribution in [2.75, 3.05) is 22.7 Å². The molecular weight excluding hydrogens is 371 g/mol. The molecule has 2 aromatic carbocycles. The number of hydrogen-bond acceptors (Lipinski definition) is 4. The van der Waals surface area contributed by atoms with Gasteiger partial charge in [-0.25, -0.2) is 17.6 Å². The summed E-state index contributed by atoms with van der Waals surface area (Å²) in [5.41, 5.74) is 0.825. The first-order valence-corrected chi connectivity index (χ1v) is 10.2. The molecule has 0 saturated carbocycles. The highest BCUT2D eigenvalue weighted by Gasteiger charge is 2.23. The predicted octanol–water partition coefficient (Wildman–Crippen LogP) is 3.56. The van der Waals surface area contributed by atoms with E-state index in [2.05, 4.69) is 16.5 Å². The Bertz CT molecular complexity index is 945. The maximum absolute atomic E-state index is 13.1. The number of carboxylic acid groups (broad SMARTS) is 1. The van der Waals surface area contributed by atoms with Crippen LogP contribution in [0.15, 0.2) is 47.4 Å². The first kappa shape index (κ1) is 19.2. The van der Waals surface area contributed by atoms with E-state index in [1.165, 1.54) is 24.3 Å². The molecule has 1 fully saturated rings. The van der Waals surface area contributed by atoms with E-state index in [1.807, 2.05) is 0 Å². The summed E-state index contributed by atoms with van der Waals surface area (Å²) in [6.45, 7) is 3.65. The van der Waals surface area contributed by atoms with E-state index >= 15 is 0 Å². The third kappa shape index (κ3) is 4.39. The van der Waals surface area contributed by atoms with Crippen LogP contribution in [-0.4, -0.2) is 32.6 Å². The van der Waals surface area contributed by atoms with E-state index in [9.17, 15) is 22.7 Å². The average Bonchev–Trinajstić information content (AvgIpc) is 2.61. The number of nitrogens with one attached hydrogen (secondary N) is 1. The standard InChI is InChI=1S/C19H21FN2O4S/c1-13-3-2-10-22(12-13)18-9-4-14(19(23)24)11-17(18)21-27(25,26)16-7-5-15(20)6-8-16/h4-9,11,13,21H,2-3,10,12H2,1H3,(H,23,24)/t13-/m1/s1. The van der Waals surface area contributed by atoms with Crippen molar-refractivity contribution in [2.45, 2.75) is 24.7 Å². The topological polar surface area (TPSA) is 86.7 Å².